The zero-order valence-electron chi connectivity index (χ0n) is 8.36. The van der Waals surface area contributed by atoms with Crippen molar-refractivity contribution < 1.29 is 9.13 Å². The van der Waals surface area contributed by atoms with Crippen LogP contribution in [0.4, 0.5) is 4.39 Å². The van der Waals surface area contributed by atoms with Crippen molar-refractivity contribution in [2.24, 2.45) is 11.7 Å². The molecule has 1 aliphatic rings. The summed E-state index contributed by atoms with van der Waals surface area (Å²) in [5.41, 5.74) is 6.66. The molecule has 1 aromatic rings. The fourth-order valence-electron chi connectivity index (χ4n) is 1.90. The van der Waals surface area contributed by atoms with Crippen LogP contribution in [0.3, 0.4) is 0 Å². The predicted molar refractivity (Wildman–Crippen MR) is 59.5 cm³/mol. The van der Waals surface area contributed by atoms with Gasteiger partial charge in [0.05, 0.1) is 6.10 Å². The third-order valence-electron chi connectivity index (χ3n) is 2.72. The molecular formula is C11H15ClFNO. The van der Waals surface area contributed by atoms with Gasteiger partial charge in [-0.15, -0.1) is 12.4 Å². The summed E-state index contributed by atoms with van der Waals surface area (Å²) in [5, 5.41) is 0. The molecule has 2 N–H and O–H groups in total. The van der Waals surface area contributed by atoms with Crippen LogP contribution in [0.5, 0.6) is 0 Å². The average molecular weight is 232 g/mol. The maximum absolute atomic E-state index is 12.7. The first-order chi connectivity index (χ1) is 6.81. The summed E-state index contributed by atoms with van der Waals surface area (Å²) in [6, 6.07) is 6.47. The van der Waals surface area contributed by atoms with Crippen LogP contribution in [0.2, 0.25) is 0 Å². The number of halogens is 2. The minimum atomic E-state index is -0.212. The normalized spacial score (nSPS) is 24.9. The lowest BCUT2D eigenvalue weighted by Gasteiger charge is -2.16. The summed E-state index contributed by atoms with van der Waals surface area (Å²) >= 11 is 0. The Bertz CT molecular complexity index is 304. The van der Waals surface area contributed by atoms with E-state index in [1.54, 1.807) is 12.1 Å². The fourth-order valence-corrected chi connectivity index (χ4v) is 1.90. The molecule has 2 nitrogen and oxygen atoms in total. The van der Waals surface area contributed by atoms with Crippen LogP contribution in [0, 0.1) is 11.7 Å². The van der Waals surface area contributed by atoms with Gasteiger partial charge >= 0.3 is 0 Å². The molecule has 15 heavy (non-hydrogen) atoms. The molecule has 1 aliphatic heterocycles. The van der Waals surface area contributed by atoms with Crippen LogP contribution in [-0.4, -0.2) is 13.2 Å². The lowest BCUT2D eigenvalue weighted by molar-refractivity contribution is 0.0924. The Balaban J connectivity index is 0.00000112. The second-order valence-corrected chi connectivity index (χ2v) is 3.63. The smallest absolute Gasteiger partial charge is 0.123 e. The summed E-state index contributed by atoms with van der Waals surface area (Å²) < 4.78 is 18.3. The topological polar surface area (TPSA) is 35.2 Å². The number of hydrogen-bond donors (Lipinski definition) is 1. The van der Waals surface area contributed by atoms with Gasteiger partial charge in [-0.3, -0.25) is 0 Å². The summed E-state index contributed by atoms with van der Waals surface area (Å²) in [5.74, 6) is 0.163. The highest BCUT2D eigenvalue weighted by Crippen LogP contribution is 2.33. The van der Waals surface area contributed by atoms with E-state index in [-0.39, 0.29) is 24.3 Å². The first kappa shape index (κ1) is 12.4. The molecule has 2 rings (SSSR count). The lowest BCUT2D eigenvalue weighted by Crippen LogP contribution is -2.17. The van der Waals surface area contributed by atoms with E-state index in [2.05, 4.69) is 0 Å². The standard InChI is InChI=1S/C11H14FNO.ClH/c12-10-3-1-8(2-4-10)11-9(7-13)5-6-14-11;/h1-4,9,11H,5-7,13H2;1H/t9-,11-;/m0./s1. The number of ether oxygens (including phenoxy) is 1. The van der Waals surface area contributed by atoms with Crippen molar-refractivity contribution >= 4 is 12.4 Å². The summed E-state index contributed by atoms with van der Waals surface area (Å²) in [7, 11) is 0. The van der Waals surface area contributed by atoms with Crippen molar-refractivity contribution in [3.63, 3.8) is 0 Å². The largest absolute Gasteiger partial charge is 0.373 e. The number of nitrogens with two attached hydrogens (primary N) is 1. The molecule has 1 aromatic carbocycles. The van der Waals surface area contributed by atoms with E-state index >= 15 is 0 Å². The minimum absolute atomic E-state index is 0. The van der Waals surface area contributed by atoms with Gasteiger partial charge in [0, 0.05) is 12.5 Å². The maximum Gasteiger partial charge on any atom is 0.123 e. The van der Waals surface area contributed by atoms with Crippen molar-refractivity contribution in [3.05, 3.63) is 35.6 Å². The highest BCUT2D eigenvalue weighted by molar-refractivity contribution is 5.85. The van der Waals surface area contributed by atoms with E-state index in [0.29, 0.717) is 12.5 Å². The van der Waals surface area contributed by atoms with Crippen LogP contribution in [0.15, 0.2) is 24.3 Å². The second-order valence-electron chi connectivity index (χ2n) is 3.63. The summed E-state index contributed by atoms with van der Waals surface area (Å²) in [6.45, 7) is 1.38. The molecule has 0 unspecified atom stereocenters. The van der Waals surface area contributed by atoms with Gasteiger partial charge in [0.25, 0.3) is 0 Å². The number of rotatable bonds is 2. The predicted octanol–water partition coefficient (Wildman–Crippen LogP) is 2.28. The van der Waals surface area contributed by atoms with Crippen molar-refractivity contribution in [1.29, 1.82) is 0 Å². The third-order valence-corrected chi connectivity index (χ3v) is 2.72. The van der Waals surface area contributed by atoms with E-state index in [4.69, 9.17) is 10.5 Å². The number of hydrogen-bond acceptors (Lipinski definition) is 2. The first-order valence-electron chi connectivity index (χ1n) is 4.88. The zero-order valence-corrected chi connectivity index (χ0v) is 9.17. The summed E-state index contributed by atoms with van der Waals surface area (Å²) in [6.07, 6.45) is 1.05. The van der Waals surface area contributed by atoms with Gasteiger partial charge in [0.1, 0.15) is 5.82 Å². The van der Waals surface area contributed by atoms with E-state index in [9.17, 15) is 4.39 Å². The monoisotopic (exact) mass is 231 g/mol. The SMILES string of the molecule is Cl.NC[C@@H]1CCO[C@H]1c1ccc(F)cc1. The summed E-state index contributed by atoms with van der Waals surface area (Å²) in [4.78, 5) is 0. The molecule has 0 aliphatic carbocycles. The van der Waals surface area contributed by atoms with Gasteiger partial charge < -0.3 is 10.5 Å². The van der Waals surface area contributed by atoms with Gasteiger partial charge in [-0.1, -0.05) is 12.1 Å². The molecule has 0 spiro atoms. The van der Waals surface area contributed by atoms with Gasteiger partial charge in [0.15, 0.2) is 0 Å². The first-order valence-corrected chi connectivity index (χ1v) is 4.88. The highest BCUT2D eigenvalue weighted by Gasteiger charge is 2.28. The fraction of sp³-hybridized carbons (Fsp3) is 0.455. The molecule has 0 amide bonds. The molecule has 0 bridgehead atoms. The molecule has 1 heterocycles. The van der Waals surface area contributed by atoms with E-state index in [0.717, 1.165) is 18.6 Å². The average Bonchev–Trinajstić information content (AvgIpc) is 2.67. The molecule has 4 heteroatoms. The van der Waals surface area contributed by atoms with Gasteiger partial charge in [-0.05, 0) is 30.7 Å². The van der Waals surface area contributed by atoms with Gasteiger partial charge in [-0.2, -0.15) is 0 Å². The number of benzene rings is 1. The molecule has 84 valence electrons. The maximum atomic E-state index is 12.7. The van der Waals surface area contributed by atoms with Crippen molar-refractivity contribution in [3.8, 4) is 0 Å². The van der Waals surface area contributed by atoms with Gasteiger partial charge in [-0.25, -0.2) is 4.39 Å². The zero-order chi connectivity index (χ0) is 9.97. The van der Waals surface area contributed by atoms with Crippen LogP contribution >= 0.6 is 12.4 Å². The van der Waals surface area contributed by atoms with Crippen LogP contribution in [-0.2, 0) is 4.74 Å². The van der Waals surface area contributed by atoms with Crippen LogP contribution in [0.1, 0.15) is 18.1 Å². The molecule has 1 saturated heterocycles. The van der Waals surface area contributed by atoms with Crippen molar-refractivity contribution in [2.75, 3.05) is 13.2 Å². The van der Waals surface area contributed by atoms with E-state index in [1.165, 1.54) is 12.1 Å². The lowest BCUT2D eigenvalue weighted by atomic mass is 9.96. The Labute approximate surface area is 95.0 Å². The molecular weight excluding hydrogens is 217 g/mol. The van der Waals surface area contributed by atoms with Gasteiger partial charge in [0.2, 0.25) is 0 Å². The highest BCUT2D eigenvalue weighted by atomic mass is 35.5. The molecule has 0 radical (unpaired) electrons. The van der Waals surface area contributed by atoms with Crippen LogP contribution < -0.4 is 5.73 Å². The van der Waals surface area contributed by atoms with Crippen LogP contribution in [0.25, 0.3) is 0 Å². The van der Waals surface area contributed by atoms with Crippen molar-refractivity contribution in [1.82, 2.24) is 0 Å². The third kappa shape index (κ3) is 2.68. The Morgan fingerprint density at radius 3 is 2.60 bits per heavy atom. The minimum Gasteiger partial charge on any atom is -0.373 e. The Morgan fingerprint density at radius 2 is 2.00 bits per heavy atom. The van der Waals surface area contributed by atoms with E-state index in [1.807, 2.05) is 0 Å². The van der Waals surface area contributed by atoms with E-state index < -0.39 is 0 Å². The molecule has 0 aromatic heterocycles. The van der Waals surface area contributed by atoms with Crippen molar-refractivity contribution in [2.45, 2.75) is 12.5 Å². The molecule has 1 fully saturated rings. The molecule has 0 saturated carbocycles. The molecule has 2 atom stereocenters. The Morgan fingerprint density at radius 1 is 1.33 bits per heavy atom. The Kier molecular flexibility index (Phi) is 4.51. The quantitative estimate of drug-likeness (QED) is 0.848. The Hall–Kier alpha value is -0.640. The second kappa shape index (κ2) is 5.45.